The molecule has 0 aliphatic heterocycles. The van der Waals surface area contributed by atoms with Crippen LogP contribution in [0.5, 0.6) is 0 Å². The molecule has 0 unspecified atom stereocenters. The number of aromatic nitrogens is 4. The summed E-state index contributed by atoms with van der Waals surface area (Å²) in [6.07, 6.45) is 2.63. The van der Waals surface area contributed by atoms with E-state index in [0.29, 0.717) is 11.6 Å². The Morgan fingerprint density at radius 3 is 2.84 bits per heavy atom. The molecule has 1 fully saturated rings. The van der Waals surface area contributed by atoms with Gasteiger partial charge in [0, 0.05) is 12.6 Å². The molecular weight excluding hydrogens is 323 g/mol. The van der Waals surface area contributed by atoms with Gasteiger partial charge >= 0.3 is 0 Å². The minimum absolute atomic E-state index is 0.126. The first-order chi connectivity index (χ1) is 11.9. The summed E-state index contributed by atoms with van der Waals surface area (Å²) in [4.78, 5) is 14.5. The molecule has 1 aliphatic rings. The van der Waals surface area contributed by atoms with Crippen molar-refractivity contribution in [1.82, 2.24) is 25.1 Å². The van der Waals surface area contributed by atoms with E-state index in [2.05, 4.69) is 46.5 Å². The first-order valence-corrected chi connectivity index (χ1v) is 8.51. The quantitative estimate of drug-likeness (QED) is 0.831. The molecule has 0 bridgehead atoms. The highest BCUT2D eigenvalue weighted by molar-refractivity contribution is 5.92. The Bertz CT molecular complexity index is 733. The molecule has 1 saturated carbocycles. The summed E-state index contributed by atoms with van der Waals surface area (Å²) < 4.78 is 15.5. The molecule has 1 aliphatic carbocycles. The Morgan fingerprint density at radius 2 is 2.24 bits per heavy atom. The summed E-state index contributed by atoms with van der Waals surface area (Å²) in [6, 6.07) is 4.62. The lowest BCUT2D eigenvalue weighted by Crippen LogP contribution is -2.39. The largest absolute Gasteiger partial charge is 0.322 e. The first-order valence-electron chi connectivity index (χ1n) is 8.51. The number of hydrogen-bond donors (Lipinski definition) is 1. The summed E-state index contributed by atoms with van der Waals surface area (Å²) in [5.41, 5.74) is 0.704. The normalized spacial score (nSPS) is 19.4. The van der Waals surface area contributed by atoms with Gasteiger partial charge < -0.3 is 5.32 Å². The zero-order chi connectivity index (χ0) is 18.0. The second kappa shape index (κ2) is 7.26. The fourth-order valence-electron chi connectivity index (χ4n) is 2.82. The van der Waals surface area contributed by atoms with Crippen molar-refractivity contribution < 1.29 is 9.18 Å². The average molecular weight is 346 g/mol. The second-order valence-electron chi connectivity index (χ2n) is 6.96. The molecule has 25 heavy (non-hydrogen) atoms. The first kappa shape index (κ1) is 17.5. The van der Waals surface area contributed by atoms with E-state index in [1.54, 1.807) is 6.07 Å². The van der Waals surface area contributed by atoms with E-state index in [0.717, 1.165) is 12.5 Å². The summed E-state index contributed by atoms with van der Waals surface area (Å²) >= 11 is 0. The molecular formula is C17H23FN6O. The number of carbonyl (C=O) groups is 1. The third kappa shape index (κ3) is 4.39. The van der Waals surface area contributed by atoms with Crippen LogP contribution in [0.25, 0.3) is 5.69 Å². The van der Waals surface area contributed by atoms with E-state index < -0.39 is 5.82 Å². The van der Waals surface area contributed by atoms with E-state index >= 15 is 0 Å². The maximum Gasteiger partial charge on any atom is 0.238 e. The highest BCUT2D eigenvalue weighted by atomic mass is 19.1. The lowest BCUT2D eigenvalue weighted by Gasteiger charge is -2.26. The van der Waals surface area contributed by atoms with E-state index in [1.165, 1.54) is 29.6 Å². The zero-order valence-electron chi connectivity index (χ0n) is 14.7. The van der Waals surface area contributed by atoms with Crippen molar-refractivity contribution in [3.63, 3.8) is 0 Å². The van der Waals surface area contributed by atoms with E-state index in [4.69, 9.17) is 0 Å². The third-order valence-electron chi connectivity index (χ3n) is 4.66. The van der Waals surface area contributed by atoms with Crippen molar-refractivity contribution in [3.8, 4) is 5.69 Å². The van der Waals surface area contributed by atoms with Crippen LogP contribution in [0.2, 0.25) is 0 Å². The maximum absolute atomic E-state index is 14.0. The Balaban J connectivity index is 1.66. The molecule has 1 aromatic heterocycles. The second-order valence-corrected chi connectivity index (χ2v) is 6.96. The molecule has 1 amide bonds. The van der Waals surface area contributed by atoms with Gasteiger partial charge in [0.2, 0.25) is 5.91 Å². The molecule has 8 heteroatoms. The van der Waals surface area contributed by atoms with Crippen molar-refractivity contribution in [1.29, 1.82) is 0 Å². The van der Waals surface area contributed by atoms with Gasteiger partial charge in [-0.05, 0) is 60.7 Å². The van der Waals surface area contributed by atoms with Gasteiger partial charge in [-0.1, -0.05) is 6.92 Å². The van der Waals surface area contributed by atoms with Gasteiger partial charge in [-0.25, -0.2) is 9.07 Å². The molecule has 1 N–H and O–H groups in total. The molecule has 7 nitrogen and oxygen atoms in total. The number of nitrogens with zero attached hydrogens (tertiary/aromatic N) is 5. The predicted octanol–water partition coefficient (Wildman–Crippen LogP) is 2.11. The predicted molar refractivity (Wildman–Crippen MR) is 91.7 cm³/mol. The number of benzene rings is 1. The monoisotopic (exact) mass is 346 g/mol. The summed E-state index contributed by atoms with van der Waals surface area (Å²) in [5.74, 6) is 0.677. The average Bonchev–Trinajstić information content (AvgIpc) is 3.02. The molecule has 134 valence electrons. The minimum atomic E-state index is -0.489. The molecule has 1 heterocycles. The zero-order valence-corrected chi connectivity index (χ0v) is 14.7. The van der Waals surface area contributed by atoms with Crippen molar-refractivity contribution in [3.05, 3.63) is 30.3 Å². The fourth-order valence-corrected chi connectivity index (χ4v) is 2.82. The van der Waals surface area contributed by atoms with Gasteiger partial charge in [0.25, 0.3) is 0 Å². The van der Waals surface area contributed by atoms with E-state index in [-0.39, 0.29) is 24.2 Å². The van der Waals surface area contributed by atoms with Gasteiger partial charge in [-0.3, -0.25) is 9.69 Å². The van der Waals surface area contributed by atoms with Crippen molar-refractivity contribution >= 4 is 11.6 Å². The Kier molecular flexibility index (Phi) is 5.08. The summed E-state index contributed by atoms with van der Waals surface area (Å²) in [7, 11) is 0. The Morgan fingerprint density at radius 1 is 1.48 bits per heavy atom. The van der Waals surface area contributed by atoms with Gasteiger partial charge in [-0.15, -0.1) is 5.10 Å². The summed E-state index contributed by atoms with van der Waals surface area (Å²) in [6.45, 7) is 7.51. The molecule has 2 atom stereocenters. The third-order valence-corrected chi connectivity index (χ3v) is 4.66. The molecule has 0 radical (unpaired) electrons. The number of nitrogens with one attached hydrogen (secondary N) is 1. The van der Waals surface area contributed by atoms with Crippen LogP contribution >= 0.6 is 0 Å². The highest BCUT2D eigenvalue weighted by Gasteiger charge is 2.34. The van der Waals surface area contributed by atoms with Gasteiger partial charge in [-0.2, -0.15) is 0 Å². The van der Waals surface area contributed by atoms with Gasteiger partial charge in [0.1, 0.15) is 12.1 Å². The highest BCUT2D eigenvalue weighted by Crippen LogP contribution is 2.38. The van der Waals surface area contributed by atoms with E-state index in [9.17, 15) is 9.18 Å². The van der Waals surface area contributed by atoms with Crippen molar-refractivity contribution in [2.75, 3.05) is 18.4 Å². The van der Waals surface area contributed by atoms with Crippen LogP contribution in [0, 0.1) is 17.7 Å². The number of tetrazole rings is 1. The van der Waals surface area contributed by atoms with Crippen LogP contribution in [0.15, 0.2) is 24.5 Å². The van der Waals surface area contributed by atoms with Crippen LogP contribution < -0.4 is 5.32 Å². The smallest absolute Gasteiger partial charge is 0.238 e. The minimum Gasteiger partial charge on any atom is -0.322 e. The van der Waals surface area contributed by atoms with Crippen LogP contribution in [-0.4, -0.2) is 50.1 Å². The number of amides is 1. The van der Waals surface area contributed by atoms with Crippen LogP contribution in [0.3, 0.4) is 0 Å². The lowest BCUT2D eigenvalue weighted by atomic mass is 10.2. The van der Waals surface area contributed by atoms with Crippen molar-refractivity contribution in [2.45, 2.75) is 33.2 Å². The molecule has 1 aromatic carbocycles. The Hall–Kier alpha value is -2.35. The lowest BCUT2D eigenvalue weighted by molar-refractivity contribution is -0.117. The van der Waals surface area contributed by atoms with E-state index in [1.807, 2.05) is 0 Å². The summed E-state index contributed by atoms with van der Waals surface area (Å²) in [5, 5.41) is 13.5. The van der Waals surface area contributed by atoms with Crippen LogP contribution in [0.4, 0.5) is 10.1 Å². The number of hydrogen-bond acceptors (Lipinski definition) is 5. The molecule has 3 rings (SSSR count). The topological polar surface area (TPSA) is 75.9 Å². The number of anilines is 1. The van der Waals surface area contributed by atoms with Crippen LogP contribution in [0.1, 0.15) is 27.2 Å². The fraction of sp³-hybridized carbons (Fsp3) is 0.529. The SMILES string of the molecule is CC(C)N(CC(=O)Nc1cc(-n2cnnn2)ccc1F)C[C@@H]1C[C@H]1C. The standard InChI is InChI=1S/C17H23FN6O/c1-11(2)23(8-13-6-12(13)3)9-17(25)20-16-7-14(4-5-15(16)18)24-10-19-21-22-24/h4-5,7,10-13H,6,8-9H2,1-3H3,(H,20,25)/t12-,13+/m1/s1. The molecule has 2 aromatic rings. The number of carbonyl (C=O) groups excluding carboxylic acids is 1. The number of halogens is 1. The Labute approximate surface area is 146 Å². The maximum atomic E-state index is 14.0. The van der Waals surface area contributed by atoms with Crippen LogP contribution in [-0.2, 0) is 4.79 Å². The molecule has 0 saturated heterocycles. The number of rotatable bonds is 7. The van der Waals surface area contributed by atoms with Gasteiger partial charge in [0.15, 0.2) is 0 Å². The van der Waals surface area contributed by atoms with Gasteiger partial charge in [0.05, 0.1) is 17.9 Å². The molecule has 0 spiro atoms. The van der Waals surface area contributed by atoms with Crippen molar-refractivity contribution in [2.24, 2.45) is 11.8 Å².